The molecule has 39 heavy (non-hydrogen) atoms. The average Bonchev–Trinajstić information content (AvgIpc) is 2.96. The quantitative estimate of drug-likeness (QED) is 0.531. The summed E-state index contributed by atoms with van der Waals surface area (Å²) < 4.78 is 5.63. The predicted molar refractivity (Wildman–Crippen MR) is 146 cm³/mol. The molecule has 0 saturated carbocycles. The Hall–Kier alpha value is -4.29. The summed E-state index contributed by atoms with van der Waals surface area (Å²) in [6.07, 6.45) is 1.17. The molecule has 5 rings (SSSR count). The van der Waals surface area contributed by atoms with Crippen molar-refractivity contribution in [3.63, 3.8) is 0 Å². The van der Waals surface area contributed by atoms with Crippen LogP contribution in [0.4, 0.5) is 9.59 Å². The molecule has 3 aliphatic rings. The molecule has 2 aromatic carbocycles. The Balaban J connectivity index is 1.29. The second kappa shape index (κ2) is 12.0. The van der Waals surface area contributed by atoms with Crippen LogP contribution in [0, 0.1) is 11.8 Å². The molecule has 0 unspecified atom stereocenters. The van der Waals surface area contributed by atoms with Gasteiger partial charge < -0.3 is 30.3 Å². The number of likely N-dealkylation sites (tertiary alicyclic amines) is 2. The van der Waals surface area contributed by atoms with E-state index in [0.29, 0.717) is 26.2 Å². The number of hydrogen-bond donors (Lipinski definition) is 3. The number of carbonyl (C=O) groups is 3. The maximum Gasteiger partial charge on any atom is 0.405 e. The van der Waals surface area contributed by atoms with Crippen LogP contribution in [0.1, 0.15) is 36.0 Å². The van der Waals surface area contributed by atoms with E-state index < -0.39 is 6.09 Å². The Bertz CT molecular complexity index is 1300. The smallest absolute Gasteiger partial charge is 0.405 e. The molecule has 3 fully saturated rings. The molecule has 0 spiro atoms. The molecule has 202 valence electrons. The van der Waals surface area contributed by atoms with Crippen molar-refractivity contribution in [2.24, 2.45) is 0 Å². The van der Waals surface area contributed by atoms with E-state index in [1.54, 1.807) is 0 Å². The molecule has 3 N–H and O–H groups in total. The van der Waals surface area contributed by atoms with Gasteiger partial charge in [0.15, 0.2) is 0 Å². The molecular formula is C30H32N4O5. The maximum absolute atomic E-state index is 13.3. The number of piperidine rings is 2. The molecule has 3 heterocycles. The van der Waals surface area contributed by atoms with E-state index in [1.807, 2.05) is 52.3 Å². The summed E-state index contributed by atoms with van der Waals surface area (Å²) in [5.41, 5.74) is 5.51. The van der Waals surface area contributed by atoms with Crippen LogP contribution < -0.4 is 10.6 Å². The minimum atomic E-state index is -1.09. The maximum atomic E-state index is 13.3. The summed E-state index contributed by atoms with van der Waals surface area (Å²) in [6.45, 7) is 2.56. The minimum Gasteiger partial charge on any atom is -0.465 e. The Morgan fingerprint density at radius 1 is 1.00 bits per heavy atom. The molecule has 2 aromatic rings. The Kier molecular flexibility index (Phi) is 8.13. The van der Waals surface area contributed by atoms with Gasteiger partial charge in [-0.2, -0.15) is 0 Å². The third kappa shape index (κ3) is 6.41. The van der Waals surface area contributed by atoms with Crippen molar-refractivity contribution in [1.29, 1.82) is 0 Å². The van der Waals surface area contributed by atoms with Gasteiger partial charge in [0.25, 0.3) is 0 Å². The number of nitrogens with zero attached hydrogens (tertiary/aromatic N) is 2. The zero-order valence-corrected chi connectivity index (χ0v) is 21.7. The zero-order chi connectivity index (χ0) is 27.2. The number of ether oxygens (including phenoxy) is 1. The normalized spacial score (nSPS) is 20.7. The Morgan fingerprint density at radius 2 is 1.72 bits per heavy atom. The van der Waals surface area contributed by atoms with Gasteiger partial charge in [-0.3, -0.25) is 4.79 Å². The highest BCUT2D eigenvalue weighted by molar-refractivity contribution is 5.83. The Morgan fingerprint density at radius 3 is 2.44 bits per heavy atom. The number of morpholine rings is 1. The van der Waals surface area contributed by atoms with Crippen molar-refractivity contribution in [1.82, 2.24) is 20.4 Å². The lowest BCUT2D eigenvalue weighted by molar-refractivity contribution is -0.139. The summed E-state index contributed by atoms with van der Waals surface area (Å²) in [4.78, 5) is 39.4. The lowest BCUT2D eigenvalue weighted by atomic mass is 9.88. The van der Waals surface area contributed by atoms with Gasteiger partial charge in [-0.1, -0.05) is 59.9 Å². The fraction of sp³-hybridized carbons (Fsp3) is 0.367. The highest BCUT2D eigenvalue weighted by Crippen LogP contribution is 2.33. The first-order valence-electron chi connectivity index (χ1n) is 13.3. The zero-order valence-electron chi connectivity index (χ0n) is 21.7. The van der Waals surface area contributed by atoms with Gasteiger partial charge in [0.05, 0.1) is 18.7 Å². The summed E-state index contributed by atoms with van der Waals surface area (Å²) in [6, 6.07) is 18.1. The lowest BCUT2D eigenvalue weighted by Crippen LogP contribution is -2.62. The number of fused-ring (bicyclic) bond motifs is 1. The summed E-state index contributed by atoms with van der Waals surface area (Å²) in [5.74, 6) is 5.67. The van der Waals surface area contributed by atoms with Crippen molar-refractivity contribution < 1.29 is 24.2 Å². The highest BCUT2D eigenvalue weighted by atomic mass is 16.5. The van der Waals surface area contributed by atoms with Gasteiger partial charge in [0.2, 0.25) is 5.91 Å². The topological polar surface area (TPSA) is 111 Å². The minimum absolute atomic E-state index is 0.0187. The molecule has 3 aliphatic heterocycles. The van der Waals surface area contributed by atoms with Crippen LogP contribution in [0.15, 0.2) is 60.2 Å². The van der Waals surface area contributed by atoms with Gasteiger partial charge in [-0.05, 0) is 48.1 Å². The standard InChI is InChI=1S/C30H32N4O5/c35-27-20-39-26-14-18-34(19-25(26)32-27)30(38)33-16-12-24(13-17-33)28(22-6-2-1-3-7-22)23-10-8-21(9-11-23)5-4-15-31-29(36)37/h1-3,6-11,25-26,31H,12-20H2,(H,32,35)(H,36,37)/t25-,26+/m1/s1. The van der Waals surface area contributed by atoms with Crippen molar-refractivity contribution in [3.8, 4) is 11.8 Å². The molecular weight excluding hydrogens is 496 g/mol. The number of rotatable bonds is 3. The van der Waals surface area contributed by atoms with Crippen LogP contribution >= 0.6 is 0 Å². The van der Waals surface area contributed by atoms with Crippen molar-refractivity contribution in [2.75, 3.05) is 39.3 Å². The third-order valence-corrected chi connectivity index (χ3v) is 7.38. The monoisotopic (exact) mass is 528 g/mol. The fourth-order valence-corrected chi connectivity index (χ4v) is 5.46. The summed E-state index contributed by atoms with van der Waals surface area (Å²) in [7, 11) is 0. The number of urea groups is 1. The van der Waals surface area contributed by atoms with Crippen molar-refractivity contribution in [2.45, 2.75) is 31.4 Å². The van der Waals surface area contributed by atoms with Crippen LogP contribution in [0.2, 0.25) is 0 Å². The van der Waals surface area contributed by atoms with Gasteiger partial charge in [-0.15, -0.1) is 0 Å². The number of benzene rings is 2. The first-order chi connectivity index (χ1) is 19.0. The van der Waals surface area contributed by atoms with Crippen LogP contribution in [0.25, 0.3) is 5.57 Å². The molecule has 9 nitrogen and oxygen atoms in total. The molecule has 0 aliphatic carbocycles. The van der Waals surface area contributed by atoms with Crippen LogP contribution in [0.5, 0.6) is 0 Å². The first kappa shape index (κ1) is 26.3. The first-order valence-corrected chi connectivity index (χ1v) is 13.3. The van der Waals surface area contributed by atoms with Crippen molar-refractivity contribution in [3.05, 3.63) is 76.9 Å². The number of nitrogens with one attached hydrogen (secondary N) is 2. The summed E-state index contributed by atoms with van der Waals surface area (Å²) >= 11 is 0. The van der Waals surface area contributed by atoms with E-state index in [0.717, 1.165) is 36.0 Å². The van der Waals surface area contributed by atoms with Gasteiger partial charge in [0.1, 0.15) is 6.61 Å². The third-order valence-electron chi connectivity index (χ3n) is 7.38. The van der Waals surface area contributed by atoms with E-state index >= 15 is 0 Å². The second-order valence-corrected chi connectivity index (χ2v) is 9.91. The largest absolute Gasteiger partial charge is 0.465 e. The van der Waals surface area contributed by atoms with Gasteiger partial charge >= 0.3 is 12.1 Å². The van der Waals surface area contributed by atoms with E-state index in [4.69, 9.17) is 9.84 Å². The molecule has 2 atom stereocenters. The van der Waals surface area contributed by atoms with Crippen molar-refractivity contribution >= 4 is 23.6 Å². The number of carbonyl (C=O) groups excluding carboxylic acids is 2. The fourth-order valence-electron chi connectivity index (χ4n) is 5.46. The lowest BCUT2D eigenvalue weighted by Gasteiger charge is -2.43. The predicted octanol–water partition coefficient (Wildman–Crippen LogP) is 2.91. The second-order valence-electron chi connectivity index (χ2n) is 9.91. The highest BCUT2D eigenvalue weighted by Gasteiger charge is 2.37. The van der Waals surface area contributed by atoms with E-state index in [1.165, 1.54) is 11.1 Å². The number of hydrogen-bond acceptors (Lipinski definition) is 4. The molecule has 0 radical (unpaired) electrons. The van der Waals surface area contributed by atoms with Crippen LogP contribution in [-0.2, 0) is 9.53 Å². The average molecular weight is 529 g/mol. The van der Waals surface area contributed by atoms with Gasteiger partial charge in [0, 0.05) is 31.7 Å². The molecule has 3 saturated heterocycles. The number of carboxylic acid groups (broad SMARTS) is 1. The van der Waals surface area contributed by atoms with E-state index in [2.05, 4.69) is 34.6 Å². The molecule has 4 amide bonds. The van der Waals surface area contributed by atoms with Crippen LogP contribution in [-0.4, -0.2) is 84.4 Å². The van der Waals surface area contributed by atoms with E-state index in [9.17, 15) is 14.4 Å². The molecule has 9 heteroatoms. The number of amides is 4. The molecule has 0 aromatic heterocycles. The summed E-state index contributed by atoms with van der Waals surface area (Å²) in [5, 5.41) is 13.9. The SMILES string of the molecule is O=C(O)NCC#Cc1ccc(C(=C2CCN(C(=O)N3CC[C@@H]4OCC(=O)N[C@@H]4C3)CC2)c2ccccc2)cc1. The van der Waals surface area contributed by atoms with E-state index in [-0.39, 0.29) is 37.2 Å². The van der Waals surface area contributed by atoms with Crippen LogP contribution in [0.3, 0.4) is 0 Å². The van der Waals surface area contributed by atoms with Gasteiger partial charge in [-0.25, -0.2) is 9.59 Å². The molecule has 0 bridgehead atoms. The Labute approximate surface area is 227 Å².